The number of rotatable bonds is 10. The van der Waals surface area contributed by atoms with Gasteiger partial charge in [0.2, 0.25) is 11.8 Å². The first kappa shape index (κ1) is 22.9. The van der Waals surface area contributed by atoms with Crippen LogP contribution in [0.25, 0.3) is 0 Å². The Morgan fingerprint density at radius 1 is 1.08 bits per heavy atom. The van der Waals surface area contributed by atoms with Crippen LogP contribution in [0.2, 0.25) is 4.34 Å². The first-order valence-corrected chi connectivity index (χ1v) is 11.1. The molecular weight excluding hydrogens is 398 g/mol. The number of hydrogen-bond acceptors (Lipinski definition) is 5. The molecule has 0 unspecified atom stereocenters. The monoisotopic (exact) mass is 423 g/mol. The standard InChI is InChI=1S/C16H26ClN3O4S2/c1-5-11(3)18-14(21)9-20(10-15(22)19-12(4)6-2)26(23,24)16-8-7-13(17)25-16/h7-8,11-12H,5-6,9-10H2,1-4H3,(H,18,21)(H,19,22)/t11-,12-/m0/s1. The van der Waals surface area contributed by atoms with Crippen LogP contribution in [0.5, 0.6) is 0 Å². The Kier molecular flexibility index (Phi) is 9.02. The third-order valence-electron chi connectivity index (χ3n) is 3.82. The number of nitrogens with zero attached hydrogens (tertiary/aromatic N) is 1. The predicted octanol–water partition coefficient (Wildman–Crippen LogP) is 2.22. The summed E-state index contributed by atoms with van der Waals surface area (Å²) in [6.07, 6.45) is 1.43. The third-order valence-corrected chi connectivity index (χ3v) is 7.31. The van der Waals surface area contributed by atoms with Gasteiger partial charge in [-0.15, -0.1) is 11.3 Å². The van der Waals surface area contributed by atoms with Crippen LogP contribution < -0.4 is 10.6 Å². The van der Waals surface area contributed by atoms with Gasteiger partial charge in [0.05, 0.1) is 17.4 Å². The van der Waals surface area contributed by atoms with Crippen LogP contribution in [-0.2, 0) is 19.6 Å². The molecule has 1 aromatic rings. The second-order valence-corrected chi connectivity index (χ2v) is 9.97. The van der Waals surface area contributed by atoms with Gasteiger partial charge in [0, 0.05) is 12.1 Å². The second kappa shape index (κ2) is 10.2. The molecule has 1 heterocycles. The maximum atomic E-state index is 12.8. The Balaban J connectivity index is 3.01. The molecule has 0 aliphatic heterocycles. The number of carbonyl (C=O) groups excluding carboxylic acids is 2. The quantitative estimate of drug-likeness (QED) is 0.603. The van der Waals surface area contributed by atoms with E-state index in [1.165, 1.54) is 12.1 Å². The fourth-order valence-corrected chi connectivity index (χ4v) is 4.94. The minimum Gasteiger partial charge on any atom is -0.353 e. The molecule has 10 heteroatoms. The highest BCUT2D eigenvalue weighted by molar-refractivity contribution is 7.91. The van der Waals surface area contributed by atoms with Crippen molar-refractivity contribution in [3.63, 3.8) is 0 Å². The van der Waals surface area contributed by atoms with Crippen LogP contribution in [-0.4, -0.2) is 49.7 Å². The fourth-order valence-electron chi connectivity index (χ4n) is 1.95. The van der Waals surface area contributed by atoms with Gasteiger partial charge >= 0.3 is 0 Å². The highest BCUT2D eigenvalue weighted by Gasteiger charge is 2.30. The Labute approximate surface area is 164 Å². The molecule has 0 spiro atoms. The van der Waals surface area contributed by atoms with Gasteiger partial charge in [0.1, 0.15) is 4.21 Å². The van der Waals surface area contributed by atoms with Gasteiger partial charge in [-0.2, -0.15) is 4.31 Å². The summed E-state index contributed by atoms with van der Waals surface area (Å²) >= 11 is 6.72. The van der Waals surface area contributed by atoms with Crippen molar-refractivity contribution >= 4 is 44.8 Å². The van der Waals surface area contributed by atoms with Gasteiger partial charge in [-0.1, -0.05) is 25.4 Å². The van der Waals surface area contributed by atoms with E-state index in [9.17, 15) is 18.0 Å². The van der Waals surface area contributed by atoms with Crippen molar-refractivity contribution in [2.45, 2.75) is 56.8 Å². The van der Waals surface area contributed by atoms with Gasteiger partial charge < -0.3 is 10.6 Å². The zero-order valence-corrected chi connectivity index (χ0v) is 17.8. The number of nitrogens with one attached hydrogen (secondary N) is 2. The van der Waals surface area contributed by atoms with Crippen molar-refractivity contribution in [3.05, 3.63) is 16.5 Å². The van der Waals surface area contributed by atoms with E-state index in [1.807, 2.05) is 27.7 Å². The highest BCUT2D eigenvalue weighted by Crippen LogP contribution is 2.28. The van der Waals surface area contributed by atoms with Crippen LogP contribution in [0.1, 0.15) is 40.5 Å². The molecule has 2 amide bonds. The van der Waals surface area contributed by atoms with Crippen molar-refractivity contribution in [1.29, 1.82) is 0 Å². The van der Waals surface area contributed by atoms with E-state index in [0.717, 1.165) is 15.6 Å². The summed E-state index contributed by atoms with van der Waals surface area (Å²) in [5, 5.41) is 5.43. The predicted molar refractivity (Wildman–Crippen MR) is 104 cm³/mol. The molecule has 0 aliphatic carbocycles. The summed E-state index contributed by atoms with van der Waals surface area (Å²) in [7, 11) is -4.01. The number of halogens is 1. The maximum Gasteiger partial charge on any atom is 0.253 e. The lowest BCUT2D eigenvalue weighted by atomic mass is 10.2. The lowest BCUT2D eigenvalue weighted by molar-refractivity contribution is -0.124. The van der Waals surface area contributed by atoms with Gasteiger partial charge in [-0.05, 0) is 38.8 Å². The smallest absolute Gasteiger partial charge is 0.253 e. The Bertz CT molecular complexity index is 695. The van der Waals surface area contributed by atoms with Crippen LogP contribution in [0.15, 0.2) is 16.3 Å². The molecule has 0 aliphatic rings. The van der Waals surface area contributed by atoms with E-state index < -0.39 is 34.9 Å². The van der Waals surface area contributed by atoms with Crippen molar-refractivity contribution in [2.24, 2.45) is 0 Å². The minimum atomic E-state index is -4.01. The molecule has 1 aromatic heterocycles. The molecule has 0 saturated heterocycles. The number of hydrogen-bond donors (Lipinski definition) is 2. The lowest BCUT2D eigenvalue weighted by Crippen LogP contribution is -2.48. The van der Waals surface area contributed by atoms with Gasteiger partial charge in [-0.25, -0.2) is 8.42 Å². The van der Waals surface area contributed by atoms with Crippen LogP contribution in [0, 0.1) is 0 Å². The summed E-state index contributed by atoms with van der Waals surface area (Å²) in [5.74, 6) is -0.913. The molecule has 148 valence electrons. The first-order chi connectivity index (χ1) is 12.1. The van der Waals surface area contributed by atoms with E-state index in [1.54, 1.807) is 0 Å². The summed E-state index contributed by atoms with van der Waals surface area (Å²) in [4.78, 5) is 24.4. The first-order valence-electron chi connectivity index (χ1n) is 8.44. The van der Waals surface area contributed by atoms with E-state index >= 15 is 0 Å². The number of thiophene rings is 1. The van der Waals surface area contributed by atoms with Crippen molar-refractivity contribution in [2.75, 3.05) is 13.1 Å². The summed E-state index contributed by atoms with van der Waals surface area (Å²) in [6, 6.07) is 2.67. The summed E-state index contributed by atoms with van der Waals surface area (Å²) in [5.41, 5.74) is 0. The molecule has 2 atom stereocenters. The third kappa shape index (κ3) is 6.86. The molecule has 1 rings (SSSR count). The molecule has 0 bridgehead atoms. The van der Waals surface area contributed by atoms with Gasteiger partial charge in [-0.3, -0.25) is 9.59 Å². The van der Waals surface area contributed by atoms with Crippen molar-refractivity contribution < 1.29 is 18.0 Å². The average molecular weight is 424 g/mol. The molecule has 7 nitrogen and oxygen atoms in total. The Morgan fingerprint density at radius 3 is 1.88 bits per heavy atom. The normalized spacial score (nSPS) is 14.1. The highest BCUT2D eigenvalue weighted by atomic mass is 35.5. The minimum absolute atomic E-state index is 0.00446. The maximum absolute atomic E-state index is 12.8. The second-order valence-electron chi connectivity index (χ2n) is 6.09. The zero-order valence-electron chi connectivity index (χ0n) is 15.4. The summed E-state index contributed by atoms with van der Waals surface area (Å²) < 4.78 is 26.9. The SMILES string of the molecule is CC[C@H](C)NC(=O)CN(CC(=O)N[C@@H](C)CC)S(=O)(=O)c1ccc(Cl)s1. The van der Waals surface area contributed by atoms with Crippen LogP contribution in [0.4, 0.5) is 0 Å². The molecule has 0 saturated carbocycles. The molecule has 0 radical (unpaired) electrons. The summed E-state index contributed by atoms with van der Waals surface area (Å²) in [6.45, 7) is 6.60. The van der Waals surface area contributed by atoms with E-state index in [-0.39, 0.29) is 16.3 Å². The Hall–Kier alpha value is -1.16. The van der Waals surface area contributed by atoms with E-state index in [4.69, 9.17) is 11.6 Å². The van der Waals surface area contributed by atoms with Gasteiger partial charge in [0.15, 0.2) is 0 Å². The largest absolute Gasteiger partial charge is 0.353 e. The topological polar surface area (TPSA) is 95.6 Å². The Morgan fingerprint density at radius 2 is 1.54 bits per heavy atom. The van der Waals surface area contributed by atoms with Gasteiger partial charge in [0.25, 0.3) is 10.0 Å². The van der Waals surface area contributed by atoms with E-state index in [2.05, 4.69) is 10.6 Å². The molecule has 0 fully saturated rings. The molecular formula is C16H26ClN3O4S2. The van der Waals surface area contributed by atoms with Crippen molar-refractivity contribution in [1.82, 2.24) is 14.9 Å². The molecule has 26 heavy (non-hydrogen) atoms. The number of carbonyl (C=O) groups is 2. The lowest BCUT2D eigenvalue weighted by Gasteiger charge is -2.22. The number of amides is 2. The number of sulfonamides is 1. The van der Waals surface area contributed by atoms with Crippen LogP contribution >= 0.6 is 22.9 Å². The average Bonchev–Trinajstić information content (AvgIpc) is 3.01. The molecule has 2 N–H and O–H groups in total. The van der Waals surface area contributed by atoms with E-state index in [0.29, 0.717) is 17.2 Å². The zero-order chi connectivity index (χ0) is 19.9. The van der Waals surface area contributed by atoms with Crippen molar-refractivity contribution in [3.8, 4) is 0 Å². The van der Waals surface area contributed by atoms with Crippen LogP contribution in [0.3, 0.4) is 0 Å². The fraction of sp³-hybridized carbons (Fsp3) is 0.625. The molecule has 0 aromatic carbocycles.